The Morgan fingerprint density at radius 1 is 0.926 bits per heavy atom. The number of fused-ring (bicyclic) bond motifs is 2. The summed E-state index contributed by atoms with van der Waals surface area (Å²) in [5.41, 5.74) is 0.882. The lowest BCUT2D eigenvalue weighted by Crippen LogP contribution is -2.29. The highest BCUT2D eigenvalue weighted by Crippen LogP contribution is 2.52. The van der Waals surface area contributed by atoms with Gasteiger partial charge in [0.05, 0.1) is 5.39 Å². The lowest BCUT2D eigenvalue weighted by Gasteiger charge is -2.16. The molecule has 0 aromatic heterocycles. The molecule has 1 aliphatic rings. The van der Waals surface area contributed by atoms with Crippen LogP contribution in [0.5, 0.6) is 23.0 Å². The summed E-state index contributed by atoms with van der Waals surface area (Å²) in [6, 6.07) is 3.61. The fourth-order valence-electron chi connectivity index (χ4n) is 3.59. The minimum Gasteiger partial charge on any atom is -0.504 e. The van der Waals surface area contributed by atoms with E-state index < -0.39 is 11.2 Å². The van der Waals surface area contributed by atoms with Gasteiger partial charge in [-0.25, -0.2) is 0 Å². The number of phenolic OH excluding ortho intramolecular Hbond substituents is 1. The number of rotatable bonds is 6. The molecule has 0 bridgehead atoms. The Kier molecular flexibility index (Phi) is 5.22. The third-order valence-electron chi connectivity index (χ3n) is 5.00. The zero-order valence-corrected chi connectivity index (χ0v) is 16.5. The quantitative estimate of drug-likeness (QED) is 0.761. The van der Waals surface area contributed by atoms with Gasteiger partial charge >= 0.3 is 0 Å². The van der Waals surface area contributed by atoms with Crippen molar-refractivity contribution in [1.29, 1.82) is 0 Å². The summed E-state index contributed by atoms with van der Waals surface area (Å²) in [5, 5.41) is 22.1. The Morgan fingerprint density at radius 3 is 2.22 bits per heavy atom. The van der Waals surface area contributed by atoms with E-state index in [1.54, 1.807) is 19.9 Å². The Hall–Kier alpha value is -2.43. The molecule has 0 aliphatic carbocycles. The van der Waals surface area contributed by atoms with Crippen molar-refractivity contribution in [2.75, 3.05) is 0 Å². The second-order valence-electron chi connectivity index (χ2n) is 7.62. The van der Waals surface area contributed by atoms with E-state index in [-0.39, 0.29) is 22.6 Å². The van der Waals surface area contributed by atoms with Gasteiger partial charge in [0, 0.05) is 19.4 Å². The van der Waals surface area contributed by atoms with Crippen molar-refractivity contribution in [3.63, 3.8) is 0 Å². The van der Waals surface area contributed by atoms with Crippen molar-refractivity contribution in [3.05, 3.63) is 33.5 Å². The molecule has 0 saturated heterocycles. The van der Waals surface area contributed by atoms with Crippen molar-refractivity contribution in [2.45, 2.75) is 72.0 Å². The summed E-state index contributed by atoms with van der Waals surface area (Å²) in [4.78, 5) is 13.0. The number of ether oxygens (including phenoxy) is 2. The monoisotopic (exact) mass is 372 g/mol. The molecule has 0 atom stereocenters. The number of benzene rings is 1. The zero-order chi connectivity index (χ0) is 19.8. The summed E-state index contributed by atoms with van der Waals surface area (Å²) in [7, 11) is 0. The van der Waals surface area contributed by atoms with E-state index >= 15 is 0 Å². The van der Waals surface area contributed by atoms with Crippen LogP contribution in [-0.2, 0) is 12.8 Å². The molecule has 1 heterocycles. The largest absolute Gasteiger partial charge is 0.504 e. The number of unbranched alkanes of at least 4 members (excludes halogenated alkanes) is 2. The van der Waals surface area contributed by atoms with E-state index in [2.05, 4.69) is 13.8 Å². The Morgan fingerprint density at radius 2 is 1.56 bits per heavy atom. The average Bonchev–Trinajstić information content (AvgIpc) is 2.89. The van der Waals surface area contributed by atoms with Gasteiger partial charge in [0.15, 0.2) is 17.2 Å². The van der Waals surface area contributed by atoms with Crippen LogP contribution >= 0.6 is 0 Å². The van der Waals surface area contributed by atoms with Crippen molar-refractivity contribution < 1.29 is 19.7 Å². The van der Waals surface area contributed by atoms with Crippen molar-refractivity contribution in [1.82, 2.24) is 0 Å². The molecule has 0 spiro atoms. The third kappa shape index (κ3) is 3.43. The molecule has 27 heavy (non-hydrogen) atoms. The molecule has 1 aliphatic heterocycles. The third-order valence-corrected chi connectivity index (χ3v) is 5.00. The predicted octanol–water partition coefficient (Wildman–Crippen LogP) is 4.80. The summed E-state index contributed by atoms with van der Waals surface area (Å²) in [6.07, 6.45) is 5.05. The van der Waals surface area contributed by atoms with Crippen LogP contribution < -0.4 is 14.9 Å². The lowest BCUT2D eigenvalue weighted by molar-refractivity contribution is -0.0442. The van der Waals surface area contributed by atoms with Crippen LogP contribution in [0.25, 0.3) is 10.8 Å². The van der Waals surface area contributed by atoms with Crippen LogP contribution in [0.2, 0.25) is 0 Å². The Balaban J connectivity index is 2.36. The van der Waals surface area contributed by atoms with Gasteiger partial charge in [-0.1, -0.05) is 38.8 Å². The van der Waals surface area contributed by atoms with E-state index in [1.165, 1.54) is 0 Å². The number of aryl methyl sites for hydroxylation is 2. The van der Waals surface area contributed by atoms with E-state index in [9.17, 15) is 15.0 Å². The molecule has 0 radical (unpaired) electrons. The van der Waals surface area contributed by atoms with Gasteiger partial charge in [-0.3, -0.25) is 4.79 Å². The zero-order valence-electron chi connectivity index (χ0n) is 16.5. The number of phenols is 1. The van der Waals surface area contributed by atoms with Crippen LogP contribution in [0, 0.1) is 0 Å². The maximum atomic E-state index is 13.0. The summed E-state index contributed by atoms with van der Waals surface area (Å²) < 4.78 is 11.7. The van der Waals surface area contributed by atoms with Gasteiger partial charge in [-0.15, -0.1) is 0 Å². The summed E-state index contributed by atoms with van der Waals surface area (Å²) in [5.74, 6) is -0.787. The summed E-state index contributed by atoms with van der Waals surface area (Å²) >= 11 is 0. The maximum absolute atomic E-state index is 13.0. The first kappa shape index (κ1) is 19.3. The molecule has 5 nitrogen and oxygen atoms in total. The SMILES string of the molecule is CCCCc1ccc2c(CCCC)c3c(c(O)c2c(=O)c1O)OC(C)(C)O3. The molecular formula is C22H28O5. The van der Waals surface area contributed by atoms with Crippen LogP contribution in [0.1, 0.15) is 64.5 Å². The van der Waals surface area contributed by atoms with Crippen molar-refractivity contribution in [2.24, 2.45) is 0 Å². The smallest absolute Gasteiger partial charge is 0.246 e. The molecule has 146 valence electrons. The highest BCUT2D eigenvalue weighted by Gasteiger charge is 2.38. The fourth-order valence-corrected chi connectivity index (χ4v) is 3.59. The van der Waals surface area contributed by atoms with E-state index in [4.69, 9.17) is 9.47 Å². The van der Waals surface area contributed by atoms with Gasteiger partial charge in [-0.2, -0.15) is 0 Å². The first-order chi connectivity index (χ1) is 12.8. The normalized spacial score (nSPS) is 14.7. The van der Waals surface area contributed by atoms with Crippen molar-refractivity contribution in [3.8, 4) is 23.0 Å². The first-order valence-corrected chi connectivity index (χ1v) is 9.75. The molecular weight excluding hydrogens is 344 g/mol. The molecule has 0 amide bonds. The van der Waals surface area contributed by atoms with E-state index in [0.29, 0.717) is 29.5 Å². The second kappa shape index (κ2) is 7.29. The van der Waals surface area contributed by atoms with E-state index in [0.717, 1.165) is 31.2 Å². The molecule has 2 aromatic rings. The van der Waals surface area contributed by atoms with Gasteiger partial charge in [0.1, 0.15) is 0 Å². The van der Waals surface area contributed by atoms with Crippen LogP contribution in [0.15, 0.2) is 16.9 Å². The first-order valence-electron chi connectivity index (χ1n) is 9.75. The average molecular weight is 372 g/mol. The Bertz CT molecular complexity index is 930. The Labute approximate surface area is 159 Å². The molecule has 0 unspecified atom stereocenters. The minimum absolute atomic E-state index is 0.0985. The number of aromatic hydroxyl groups is 2. The van der Waals surface area contributed by atoms with Gasteiger partial charge in [-0.05, 0) is 36.6 Å². The van der Waals surface area contributed by atoms with Crippen LogP contribution in [0.3, 0.4) is 0 Å². The number of hydrogen-bond donors (Lipinski definition) is 2. The standard InChI is InChI=1S/C22H28O5/c1-5-7-9-13-11-12-14-15(10-8-6-2)20-21(27-22(3,4)26-20)19(25)16(14)18(24)17(13)23/h11-12,25H,5-10H2,1-4H3,(H,23,24). The van der Waals surface area contributed by atoms with Crippen molar-refractivity contribution >= 4 is 10.8 Å². The molecule has 2 aromatic carbocycles. The molecule has 3 rings (SSSR count). The van der Waals surface area contributed by atoms with Crippen LogP contribution in [0.4, 0.5) is 0 Å². The second-order valence-corrected chi connectivity index (χ2v) is 7.62. The topological polar surface area (TPSA) is 76.0 Å². The molecule has 2 N–H and O–H groups in total. The van der Waals surface area contributed by atoms with Crippen LogP contribution in [-0.4, -0.2) is 16.0 Å². The molecule has 0 fully saturated rings. The predicted molar refractivity (Wildman–Crippen MR) is 106 cm³/mol. The summed E-state index contributed by atoms with van der Waals surface area (Å²) in [6.45, 7) is 7.68. The highest BCUT2D eigenvalue weighted by atomic mass is 16.7. The minimum atomic E-state index is -0.919. The fraction of sp³-hybridized carbons (Fsp3) is 0.500. The van der Waals surface area contributed by atoms with E-state index in [1.807, 2.05) is 6.07 Å². The molecule has 5 heteroatoms. The highest BCUT2D eigenvalue weighted by molar-refractivity contribution is 5.96. The van der Waals surface area contributed by atoms with Gasteiger partial charge < -0.3 is 19.7 Å². The number of hydrogen-bond acceptors (Lipinski definition) is 5. The van der Waals surface area contributed by atoms with Gasteiger partial charge in [0.25, 0.3) is 0 Å². The van der Waals surface area contributed by atoms with Gasteiger partial charge in [0.2, 0.25) is 17.0 Å². The molecule has 0 saturated carbocycles. The lowest BCUT2D eigenvalue weighted by atomic mass is 9.99. The maximum Gasteiger partial charge on any atom is 0.246 e.